The molecule has 1 N–H and O–H groups in total. The Hall–Kier alpha value is -1.88. The molecule has 4 nitrogen and oxygen atoms in total. The van der Waals surface area contributed by atoms with Gasteiger partial charge in [0.1, 0.15) is 11.5 Å². The van der Waals surface area contributed by atoms with Crippen LogP contribution in [-0.4, -0.2) is 20.5 Å². The molecule has 0 bridgehead atoms. The van der Waals surface area contributed by atoms with Gasteiger partial charge in [-0.2, -0.15) is 0 Å². The van der Waals surface area contributed by atoms with Crippen LogP contribution >= 0.6 is 0 Å². The monoisotopic (exact) mass is 288 g/mol. The quantitative estimate of drug-likeness (QED) is 0.942. The number of hydrogen-bond donors (Lipinski definition) is 1. The summed E-state index contributed by atoms with van der Waals surface area (Å²) in [6, 6.07) is 2.96. The van der Waals surface area contributed by atoms with Gasteiger partial charge < -0.3 is 5.32 Å². The van der Waals surface area contributed by atoms with Crippen molar-refractivity contribution >= 4 is 0 Å². The van der Waals surface area contributed by atoms with E-state index in [0.29, 0.717) is 11.5 Å². The van der Waals surface area contributed by atoms with Crippen LogP contribution in [0.1, 0.15) is 37.7 Å². The Morgan fingerprint density at radius 3 is 2.19 bits per heavy atom. The van der Waals surface area contributed by atoms with Gasteiger partial charge in [0.25, 0.3) is 0 Å². The average molecular weight is 288 g/mol. The molecule has 21 heavy (non-hydrogen) atoms. The van der Waals surface area contributed by atoms with Crippen molar-refractivity contribution in [1.82, 2.24) is 20.3 Å². The summed E-state index contributed by atoms with van der Waals surface area (Å²) in [5.74, 6) is 0.169. The van der Waals surface area contributed by atoms with Crippen LogP contribution in [-0.2, 0) is 6.54 Å². The fraction of sp³-hybridized carbons (Fsp3) is 0.438. The lowest BCUT2D eigenvalue weighted by molar-refractivity contribution is 0.422. The predicted molar refractivity (Wildman–Crippen MR) is 81.3 cm³/mol. The fourth-order valence-corrected chi connectivity index (χ4v) is 1.97. The molecule has 5 heteroatoms. The SMILES string of the molecule is Cc1nc(-c2ccc(F)cn2)nc(C)c1CNC(C)(C)C. The third-order valence-electron chi connectivity index (χ3n) is 3.17. The Bertz CT molecular complexity index is 607. The van der Waals surface area contributed by atoms with Crippen LogP contribution in [0.3, 0.4) is 0 Å². The number of nitrogens with one attached hydrogen (secondary N) is 1. The van der Waals surface area contributed by atoms with E-state index in [1.54, 1.807) is 6.07 Å². The highest BCUT2D eigenvalue weighted by Gasteiger charge is 2.14. The Kier molecular flexibility index (Phi) is 4.32. The number of rotatable bonds is 3. The number of aryl methyl sites for hydroxylation is 2. The van der Waals surface area contributed by atoms with Crippen molar-refractivity contribution in [2.24, 2.45) is 0 Å². The minimum atomic E-state index is -0.363. The summed E-state index contributed by atoms with van der Waals surface area (Å²) < 4.78 is 12.9. The molecule has 0 saturated carbocycles. The normalized spacial score (nSPS) is 11.7. The fourth-order valence-electron chi connectivity index (χ4n) is 1.97. The van der Waals surface area contributed by atoms with Crippen molar-refractivity contribution < 1.29 is 4.39 Å². The lowest BCUT2D eigenvalue weighted by atomic mass is 10.1. The maximum atomic E-state index is 12.9. The lowest BCUT2D eigenvalue weighted by Gasteiger charge is -2.21. The zero-order chi connectivity index (χ0) is 15.6. The van der Waals surface area contributed by atoms with Gasteiger partial charge in [-0.1, -0.05) is 0 Å². The highest BCUT2D eigenvalue weighted by atomic mass is 19.1. The van der Waals surface area contributed by atoms with E-state index in [2.05, 4.69) is 41.0 Å². The molecule has 112 valence electrons. The molecule has 2 aromatic rings. The van der Waals surface area contributed by atoms with E-state index >= 15 is 0 Å². The zero-order valence-corrected chi connectivity index (χ0v) is 13.2. The van der Waals surface area contributed by atoms with Crippen molar-refractivity contribution in [1.29, 1.82) is 0 Å². The molecular weight excluding hydrogens is 267 g/mol. The first-order valence-electron chi connectivity index (χ1n) is 6.97. The van der Waals surface area contributed by atoms with E-state index in [1.165, 1.54) is 12.3 Å². The number of pyridine rings is 1. The summed E-state index contributed by atoms with van der Waals surface area (Å²) in [5, 5.41) is 3.44. The molecule has 2 rings (SSSR count). The summed E-state index contributed by atoms with van der Waals surface area (Å²) in [6.45, 7) is 11.0. The van der Waals surface area contributed by atoms with Crippen molar-refractivity contribution in [3.63, 3.8) is 0 Å². The molecule has 0 atom stereocenters. The first kappa shape index (κ1) is 15.5. The van der Waals surface area contributed by atoms with Gasteiger partial charge in [0, 0.05) is 29.0 Å². The number of nitrogens with zero attached hydrogens (tertiary/aromatic N) is 3. The summed E-state index contributed by atoms with van der Waals surface area (Å²) >= 11 is 0. The smallest absolute Gasteiger partial charge is 0.178 e. The Labute approximate surface area is 124 Å². The Morgan fingerprint density at radius 1 is 1.10 bits per heavy atom. The molecule has 0 radical (unpaired) electrons. The zero-order valence-electron chi connectivity index (χ0n) is 13.2. The van der Waals surface area contributed by atoms with E-state index in [4.69, 9.17) is 0 Å². The number of hydrogen-bond acceptors (Lipinski definition) is 4. The van der Waals surface area contributed by atoms with Crippen molar-refractivity contribution in [2.45, 2.75) is 46.7 Å². The standard InChI is InChI=1S/C16H21FN4/c1-10-13(9-19-16(3,4)5)11(2)21-15(20-10)14-7-6-12(17)8-18-14/h6-8,19H,9H2,1-5H3. The summed E-state index contributed by atoms with van der Waals surface area (Å²) in [5.41, 5.74) is 3.55. The predicted octanol–water partition coefficient (Wildman–Crippen LogP) is 3.18. The second kappa shape index (κ2) is 5.85. The largest absolute Gasteiger partial charge is 0.308 e. The van der Waals surface area contributed by atoms with E-state index in [-0.39, 0.29) is 11.4 Å². The average Bonchev–Trinajstić information content (AvgIpc) is 2.37. The van der Waals surface area contributed by atoms with Gasteiger partial charge in [0.15, 0.2) is 5.82 Å². The maximum Gasteiger partial charge on any atom is 0.178 e. The molecule has 2 heterocycles. The van der Waals surface area contributed by atoms with Crippen molar-refractivity contribution in [3.8, 4) is 11.5 Å². The molecular formula is C16H21FN4. The van der Waals surface area contributed by atoms with Gasteiger partial charge >= 0.3 is 0 Å². The van der Waals surface area contributed by atoms with Crippen LogP contribution in [0, 0.1) is 19.7 Å². The van der Waals surface area contributed by atoms with Gasteiger partial charge in [0.2, 0.25) is 0 Å². The molecule has 2 aromatic heterocycles. The van der Waals surface area contributed by atoms with Crippen LogP contribution in [0.25, 0.3) is 11.5 Å². The third kappa shape index (κ3) is 4.04. The van der Waals surface area contributed by atoms with E-state index in [9.17, 15) is 4.39 Å². The molecule has 0 aromatic carbocycles. The van der Waals surface area contributed by atoms with Crippen LogP contribution in [0.15, 0.2) is 18.3 Å². The van der Waals surface area contributed by atoms with E-state index < -0.39 is 0 Å². The van der Waals surface area contributed by atoms with Crippen LogP contribution < -0.4 is 5.32 Å². The first-order chi connectivity index (χ1) is 9.76. The molecule has 0 fully saturated rings. The topological polar surface area (TPSA) is 50.7 Å². The molecule has 0 saturated heterocycles. The van der Waals surface area contributed by atoms with Gasteiger partial charge in [0.05, 0.1) is 6.20 Å². The minimum Gasteiger partial charge on any atom is -0.308 e. The van der Waals surface area contributed by atoms with Crippen LogP contribution in [0.5, 0.6) is 0 Å². The summed E-state index contributed by atoms with van der Waals surface area (Å²) in [6.07, 6.45) is 1.18. The lowest BCUT2D eigenvalue weighted by Crippen LogP contribution is -2.35. The second-order valence-electron chi connectivity index (χ2n) is 6.16. The summed E-state index contributed by atoms with van der Waals surface area (Å²) in [4.78, 5) is 13.0. The van der Waals surface area contributed by atoms with Crippen LogP contribution in [0.4, 0.5) is 4.39 Å². The molecule has 0 aliphatic rings. The van der Waals surface area contributed by atoms with E-state index in [1.807, 2.05) is 13.8 Å². The molecule has 0 spiro atoms. The molecule has 0 unspecified atom stereocenters. The third-order valence-corrected chi connectivity index (χ3v) is 3.17. The van der Waals surface area contributed by atoms with Gasteiger partial charge in [-0.25, -0.2) is 19.3 Å². The number of aromatic nitrogens is 3. The maximum absolute atomic E-state index is 12.9. The van der Waals surface area contributed by atoms with Crippen molar-refractivity contribution in [2.75, 3.05) is 0 Å². The second-order valence-corrected chi connectivity index (χ2v) is 6.16. The van der Waals surface area contributed by atoms with E-state index in [0.717, 1.165) is 23.5 Å². The van der Waals surface area contributed by atoms with Gasteiger partial charge in [-0.3, -0.25) is 0 Å². The van der Waals surface area contributed by atoms with Crippen LogP contribution in [0.2, 0.25) is 0 Å². The summed E-state index contributed by atoms with van der Waals surface area (Å²) in [7, 11) is 0. The molecule has 0 aliphatic heterocycles. The van der Waals surface area contributed by atoms with Gasteiger partial charge in [-0.05, 0) is 46.8 Å². The Balaban J connectivity index is 2.30. The molecule has 0 amide bonds. The van der Waals surface area contributed by atoms with Gasteiger partial charge in [-0.15, -0.1) is 0 Å². The Morgan fingerprint density at radius 2 is 1.71 bits per heavy atom. The van der Waals surface area contributed by atoms with Crippen molar-refractivity contribution in [3.05, 3.63) is 41.1 Å². The number of halogens is 1. The highest BCUT2D eigenvalue weighted by molar-refractivity contribution is 5.50. The molecule has 0 aliphatic carbocycles. The minimum absolute atomic E-state index is 0.0378. The first-order valence-corrected chi connectivity index (χ1v) is 6.97. The highest BCUT2D eigenvalue weighted by Crippen LogP contribution is 2.18.